The number of nitrogens with one attached hydrogen (secondary N) is 1. The Kier molecular flexibility index (Phi) is 6.95. The molecule has 0 atom stereocenters. The van der Waals surface area contributed by atoms with E-state index in [9.17, 15) is 14.0 Å². The van der Waals surface area contributed by atoms with E-state index in [2.05, 4.69) is 12.2 Å². The lowest BCUT2D eigenvalue weighted by Crippen LogP contribution is -2.23. The fourth-order valence-corrected chi connectivity index (χ4v) is 5.78. The van der Waals surface area contributed by atoms with Crippen LogP contribution in [0, 0.1) is 19.7 Å². The van der Waals surface area contributed by atoms with Gasteiger partial charge < -0.3 is 5.32 Å². The van der Waals surface area contributed by atoms with Gasteiger partial charge in [0.05, 0.1) is 22.5 Å². The lowest BCUT2D eigenvalue weighted by molar-refractivity contribution is -0.113. The highest BCUT2D eigenvalue weighted by atomic mass is 32.2. The lowest BCUT2D eigenvalue weighted by Gasteiger charge is -2.13. The van der Waals surface area contributed by atoms with Gasteiger partial charge in [-0.2, -0.15) is 0 Å². The summed E-state index contributed by atoms with van der Waals surface area (Å²) in [6.45, 7) is 6.05. The van der Waals surface area contributed by atoms with Crippen LogP contribution in [-0.2, 0) is 11.2 Å². The number of aromatic nitrogens is 2. The van der Waals surface area contributed by atoms with Gasteiger partial charge in [-0.1, -0.05) is 49.4 Å². The number of hydrogen-bond acceptors (Lipinski definition) is 5. The van der Waals surface area contributed by atoms with Crippen molar-refractivity contribution in [3.8, 4) is 5.69 Å². The first kappa shape index (κ1) is 23.2. The molecule has 33 heavy (non-hydrogen) atoms. The second kappa shape index (κ2) is 9.89. The van der Waals surface area contributed by atoms with E-state index in [0.717, 1.165) is 40.6 Å². The summed E-state index contributed by atoms with van der Waals surface area (Å²) in [4.78, 5) is 32.8. The van der Waals surface area contributed by atoms with Crippen LogP contribution in [0.4, 0.5) is 10.1 Å². The van der Waals surface area contributed by atoms with Crippen molar-refractivity contribution in [2.45, 2.75) is 38.8 Å². The summed E-state index contributed by atoms with van der Waals surface area (Å²) >= 11 is 2.70. The molecule has 1 amide bonds. The molecule has 0 unspecified atom stereocenters. The number of rotatable bonds is 7. The summed E-state index contributed by atoms with van der Waals surface area (Å²) in [6, 6.07) is 13.7. The van der Waals surface area contributed by atoms with Gasteiger partial charge in [0.2, 0.25) is 5.91 Å². The molecule has 1 N–H and O–H groups in total. The van der Waals surface area contributed by atoms with Crippen LogP contribution in [0.5, 0.6) is 0 Å². The lowest BCUT2D eigenvalue weighted by atomic mass is 10.1. The predicted molar refractivity (Wildman–Crippen MR) is 134 cm³/mol. The van der Waals surface area contributed by atoms with E-state index in [4.69, 9.17) is 4.98 Å². The fraction of sp³-hybridized carbons (Fsp3) is 0.240. The first-order valence-electron chi connectivity index (χ1n) is 10.7. The number of fused-ring (bicyclic) bond motifs is 1. The topological polar surface area (TPSA) is 64.0 Å². The van der Waals surface area contributed by atoms with Gasteiger partial charge in [-0.25, -0.2) is 9.37 Å². The van der Waals surface area contributed by atoms with E-state index < -0.39 is 5.82 Å². The summed E-state index contributed by atoms with van der Waals surface area (Å²) < 4.78 is 15.5. The van der Waals surface area contributed by atoms with Crippen molar-refractivity contribution in [3.05, 3.63) is 80.7 Å². The number of carbonyl (C=O) groups excluding carboxylic acids is 1. The molecule has 5 nitrogen and oxygen atoms in total. The third-order valence-electron chi connectivity index (χ3n) is 5.25. The number of thioether (sulfide) groups is 1. The number of thiophene rings is 1. The highest BCUT2D eigenvalue weighted by Gasteiger charge is 2.20. The summed E-state index contributed by atoms with van der Waals surface area (Å²) in [5.74, 6) is -0.876. The Morgan fingerprint density at radius 1 is 1.18 bits per heavy atom. The van der Waals surface area contributed by atoms with Crippen molar-refractivity contribution in [3.63, 3.8) is 0 Å². The summed E-state index contributed by atoms with van der Waals surface area (Å²) in [7, 11) is 0. The van der Waals surface area contributed by atoms with Crippen LogP contribution in [0.25, 0.3) is 15.9 Å². The van der Waals surface area contributed by atoms with E-state index in [1.807, 2.05) is 38.1 Å². The number of amides is 1. The Morgan fingerprint density at radius 2 is 1.97 bits per heavy atom. The van der Waals surface area contributed by atoms with Crippen molar-refractivity contribution in [2.24, 2.45) is 0 Å². The van der Waals surface area contributed by atoms with Crippen LogP contribution < -0.4 is 10.9 Å². The summed E-state index contributed by atoms with van der Waals surface area (Å²) in [5, 5.41) is 3.65. The quantitative estimate of drug-likeness (QED) is 0.264. The van der Waals surface area contributed by atoms with Gasteiger partial charge in [-0.15, -0.1) is 11.3 Å². The Hall–Kier alpha value is -2.97. The molecule has 4 rings (SSSR count). The Labute approximate surface area is 199 Å². The molecule has 2 aromatic heterocycles. The Balaban J connectivity index is 1.74. The van der Waals surface area contributed by atoms with E-state index in [1.165, 1.54) is 23.5 Å². The molecule has 0 saturated heterocycles. The number of halogens is 1. The van der Waals surface area contributed by atoms with E-state index in [-0.39, 0.29) is 22.9 Å². The van der Waals surface area contributed by atoms with Crippen LogP contribution in [0.3, 0.4) is 0 Å². The molecule has 0 saturated carbocycles. The Morgan fingerprint density at radius 3 is 2.70 bits per heavy atom. The number of aryl methyl sites for hydroxylation is 3. The highest BCUT2D eigenvalue weighted by molar-refractivity contribution is 7.99. The van der Waals surface area contributed by atoms with Gasteiger partial charge in [0.1, 0.15) is 10.6 Å². The van der Waals surface area contributed by atoms with Crippen LogP contribution in [0.15, 0.2) is 58.5 Å². The average molecular weight is 482 g/mol. The molecular formula is C25H24FN3O2S2. The molecule has 0 spiro atoms. The molecule has 0 radical (unpaired) electrons. The van der Waals surface area contributed by atoms with Crippen molar-refractivity contribution < 1.29 is 9.18 Å². The maximum absolute atomic E-state index is 13.9. The minimum Gasteiger partial charge on any atom is -0.323 e. The number of benzene rings is 2. The maximum Gasteiger partial charge on any atom is 0.267 e. The van der Waals surface area contributed by atoms with Crippen molar-refractivity contribution in [2.75, 3.05) is 11.1 Å². The van der Waals surface area contributed by atoms with Crippen LogP contribution in [-0.4, -0.2) is 21.2 Å². The molecule has 0 bridgehead atoms. The van der Waals surface area contributed by atoms with E-state index >= 15 is 0 Å². The zero-order valence-corrected chi connectivity index (χ0v) is 20.3. The average Bonchev–Trinajstić information content (AvgIpc) is 3.09. The third kappa shape index (κ3) is 4.86. The van der Waals surface area contributed by atoms with Gasteiger partial charge in [0.15, 0.2) is 5.16 Å². The summed E-state index contributed by atoms with van der Waals surface area (Å²) in [5.41, 5.74) is 2.68. The molecule has 0 aliphatic rings. The van der Waals surface area contributed by atoms with Gasteiger partial charge in [-0.3, -0.25) is 14.2 Å². The van der Waals surface area contributed by atoms with E-state index in [0.29, 0.717) is 21.1 Å². The van der Waals surface area contributed by atoms with Gasteiger partial charge >= 0.3 is 0 Å². The molecule has 0 aliphatic heterocycles. The van der Waals surface area contributed by atoms with Crippen molar-refractivity contribution in [1.82, 2.24) is 9.55 Å². The first-order valence-corrected chi connectivity index (χ1v) is 12.5. The molecule has 170 valence electrons. The van der Waals surface area contributed by atoms with Crippen LogP contribution in [0.2, 0.25) is 0 Å². The smallest absolute Gasteiger partial charge is 0.267 e. The van der Waals surface area contributed by atoms with Gasteiger partial charge in [0, 0.05) is 4.88 Å². The molecule has 8 heteroatoms. The zero-order chi connectivity index (χ0) is 23.5. The second-order valence-corrected chi connectivity index (χ2v) is 9.80. The number of nitrogens with zero attached hydrogens (tertiary/aromatic N) is 2. The molecule has 2 heterocycles. The molecule has 2 aromatic carbocycles. The largest absolute Gasteiger partial charge is 0.323 e. The second-order valence-electron chi connectivity index (χ2n) is 7.77. The summed E-state index contributed by atoms with van der Waals surface area (Å²) in [6.07, 6.45) is 1.88. The molecular weight excluding hydrogens is 457 g/mol. The van der Waals surface area contributed by atoms with Gasteiger partial charge in [-0.05, 0) is 55.7 Å². The van der Waals surface area contributed by atoms with Crippen molar-refractivity contribution in [1.29, 1.82) is 0 Å². The predicted octanol–water partition coefficient (Wildman–Crippen LogP) is 5.89. The Bertz CT molecular complexity index is 1390. The molecule has 0 aliphatic carbocycles. The van der Waals surface area contributed by atoms with Crippen molar-refractivity contribution >= 4 is 44.9 Å². The SMILES string of the molecule is CCCc1sc2nc(SCC(=O)Nc3ccccc3F)n(-c3cccc(C)c3)c(=O)c2c1C. The van der Waals surface area contributed by atoms with Crippen LogP contribution >= 0.6 is 23.1 Å². The number of para-hydroxylation sites is 1. The monoisotopic (exact) mass is 481 g/mol. The third-order valence-corrected chi connectivity index (χ3v) is 7.43. The maximum atomic E-state index is 13.9. The van der Waals surface area contributed by atoms with Gasteiger partial charge in [0.25, 0.3) is 5.56 Å². The number of carbonyl (C=O) groups is 1. The molecule has 0 fully saturated rings. The minimum absolute atomic E-state index is 0.00965. The first-order chi connectivity index (χ1) is 15.9. The molecule has 4 aromatic rings. The highest BCUT2D eigenvalue weighted by Crippen LogP contribution is 2.31. The van der Waals surface area contributed by atoms with E-state index in [1.54, 1.807) is 16.7 Å². The minimum atomic E-state index is -0.496. The zero-order valence-electron chi connectivity index (χ0n) is 18.6. The normalized spacial score (nSPS) is 11.2. The standard InChI is InChI=1S/C25H24FN3O2S2/c1-4-8-20-16(3)22-23(33-20)28-25(29(24(22)31)17-10-7-9-15(2)13-17)32-14-21(30)27-19-12-6-5-11-18(19)26/h5-7,9-13H,4,8,14H2,1-3H3,(H,27,30). The number of anilines is 1. The van der Waals surface area contributed by atoms with Crippen LogP contribution in [0.1, 0.15) is 29.3 Å². The number of hydrogen-bond donors (Lipinski definition) is 1. The fourth-order valence-electron chi connectivity index (χ4n) is 3.65.